The summed E-state index contributed by atoms with van der Waals surface area (Å²) in [5.74, 6) is -0.453. The molecule has 1 atom stereocenters. The number of unbranched alkanes of at least 4 members (excludes halogenated alkanes) is 1. The van der Waals surface area contributed by atoms with Gasteiger partial charge in [-0.3, -0.25) is 0 Å². The average molecular weight is 456 g/mol. The Hall–Kier alpha value is -2.86. The van der Waals surface area contributed by atoms with Gasteiger partial charge in [-0.1, -0.05) is 27.2 Å². The molecule has 0 bridgehead atoms. The van der Waals surface area contributed by atoms with Gasteiger partial charge < -0.3 is 19.1 Å². The van der Waals surface area contributed by atoms with Crippen molar-refractivity contribution < 1.29 is 23.8 Å². The summed E-state index contributed by atoms with van der Waals surface area (Å²) in [6.45, 7) is 10.2. The summed E-state index contributed by atoms with van der Waals surface area (Å²) in [5.41, 5.74) is 2.80. The van der Waals surface area contributed by atoms with E-state index in [-0.39, 0.29) is 18.2 Å². The molecule has 1 N–H and O–H groups in total. The minimum absolute atomic E-state index is 0.0807. The molecule has 0 amide bonds. The second-order valence-electron chi connectivity index (χ2n) is 9.09. The van der Waals surface area contributed by atoms with Crippen molar-refractivity contribution in [1.29, 1.82) is 0 Å². The second-order valence-corrected chi connectivity index (χ2v) is 9.09. The maximum Gasteiger partial charge on any atom is 0.336 e. The van der Waals surface area contributed by atoms with Crippen LogP contribution in [0.15, 0.2) is 36.4 Å². The molecule has 0 aliphatic carbocycles. The van der Waals surface area contributed by atoms with Gasteiger partial charge in [0.05, 0.1) is 12.1 Å². The molecule has 3 rings (SSSR count). The number of rotatable bonds is 10. The number of aromatic nitrogens is 1. The van der Waals surface area contributed by atoms with Crippen LogP contribution >= 0.6 is 0 Å². The van der Waals surface area contributed by atoms with E-state index in [0.29, 0.717) is 12.2 Å². The number of carboxylic acids is 1. The molecule has 33 heavy (non-hydrogen) atoms. The summed E-state index contributed by atoms with van der Waals surface area (Å²) in [7, 11) is 1.42. The number of ether oxygens (including phenoxy) is 2. The number of hydrogen-bond donors (Lipinski definition) is 1. The number of aryl methyl sites for hydroxylation is 1. The lowest BCUT2D eigenvalue weighted by Gasteiger charge is -2.24. The Balaban J connectivity index is 2.31. The van der Waals surface area contributed by atoms with Crippen LogP contribution in [0.5, 0.6) is 5.75 Å². The van der Waals surface area contributed by atoms with Gasteiger partial charge in [0.2, 0.25) is 0 Å². The minimum atomic E-state index is -1.39. The first-order valence-electron chi connectivity index (χ1n) is 11.5. The highest BCUT2D eigenvalue weighted by atomic mass is 19.1. The number of nitrogens with zero attached hydrogens (tertiary/aromatic N) is 1. The van der Waals surface area contributed by atoms with Gasteiger partial charge in [-0.15, -0.1) is 0 Å². The van der Waals surface area contributed by atoms with Crippen molar-refractivity contribution >= 4 is 16.9 Å². The van der Waals surface area contributed by atoms with Gasteiger partial charge in [0.15, 0.2) is 5.60 Å². The summed E-state index contributed by atoms with van der Waals surface area (Å²) in [5, 5.41) is 10.8. The van der Waals surface area contributed by atoms with Crippen molar-refractivity contribution in [1.82, 2.24) is 4.57 Å². The zero-order chi connectivity index (χ0) is 24.3. The van der Waals surface area contributed by atoms with Crippen molar-refractivity contribution in [2.75, 3.05) is 13.7 Å². The molecule has 1 aromatic heterocycles. The fraction of sp³-hybridized carbons (Fsp3) is 0.444. The maximum absolute atomic E-state index is 14.0. The Morgan fingerprint density at radius 3 is 2.52 bits per heavy atom. The van der Waals surface area contributed by atoms with Crippen LogP contribution in [0.4, 0.5) is 4.39 Å². The number of fused-ring (bicyclic) bond motifs is 1. The Kier molecular flexibility index (Phi) is 7.48. The Morgan fingerprint density at radius 1 is 1.21 bits per heavy atom. The molecule has 5 nitrogen and oxygen atoms in total. The molecule has 2 aromatic carbocycles. The molecule has 178 valence electrons. The highest BCUT2D eigenvalue weighted by Crippen LogP contribution is 2.38. The van der Waals surface area contributed by atoms with Crippen LogP contribution in [-0.4, -0.2) is 35.0 Å². The van der Waals surface area contributed by atoms with Gasteiger partial charge in [0.1, 0.15) is 11.6 Å². The molecule has 0 spiro atoms. The van der Waals surface area contributed by atoms with Crippen LogP contribution in [0.25, 0.3) is 16.6 Å². The van der Waals surface area contributed by atoms with Gasteiger partial charge in [-0.05, 0) is 73.7 Å². The highest BCUT2D eigenvalue weighted by molar-refractivity contribution is 5.90. The van der Waals surface area contributed by atoms with Gasteiger partial charge >= 0.3 is 5.97 Å². The summed E-state index contributed by atoms with van der Waals surface area (Å²) in [6, 6.07) is 11.0. The molecule has 0 aliphatic heterocycles. The molecular formula is C27H34FNO4. The van der Waals surface area contributed by atoms with E-state index in [9.17, 15) is 14.3 Å². The van der Waals surface area contributed by atoms with E-state index in [4.69, 9.17) is 9.47 Å². The third kappa shape index (κ3) is 4.91. The topological polar surface area (TPSA) is 60.7 Å². The zero-order valence-electron chi connectivity index (χ0n) is 20.4. The van der Waals surface area contributed by atoms with Crippen molar-refractivity contribution in [2.24, 2.45) is 0 Å². The summed E-state index contributed by atoms with van der Waals surface area (Å²) >= 11 is 0. The van der Waals surface area contributed by atoms with E-state index >= 15 is 0 Å². The van der Waals surface area contributed by atoms with Gasteiger partial charge in [0.25, 0.3) is 0 Å². The first-order chi connectivity index (χ1) is 15.6. The lowest BCUT2D eigenvalue weighted by molar-refractivity contribution is -0.159. The van der Waals surface area contributed by atoms with Crippen LogP contribution in [-0.2, 0) is 16.0 Å². The minimum Gasteiger partial charge on any atom is -0.494 e. The lowest BCUT2D eigenvalue weighted by Crippen LogP contribution is -2.39. The number of methoxy groups -OCH3 is 1. The molecular weight excluding hydrogens is 421 g/mol. The molecule has 0 fully saturated rings. The first kappa shape index (κ1) is 24.8. The van der Waals surface area contributed by atoms with Crippen LogP contribution in [0, 0.1) is 12.7 Å². The van der Waals surface area contributed by atoms with E-state index in [1.54, 1.807) is 19.9 Å². The summed E-state index contributed by atoms with van der Waals surface area (Å²) in [4.78, 5) is 12.1. The van der Waals surface area contributed by atoms with Gasteiger partial charge in [-0.2, -0.15) is 0 Å². The standard InChI is InChI=1S/C27H34FNO4/c1-7-8-13-33-20-10-12-24-21(15-20)22(16-27(5,32-6)26(30)31)25(17(2)3)29(24)19-9-11-23(28)18(4)14-19/h9-12,14-15,17H,7-8,13,16H2,1-6H3,(H,30,31). The number of halogens is 1. The number of benzene rings is 2. The quantitative estimate of drug-likeness (QED) is 0.359. The largest absolute Gasteiger partial charge is 0.494 e. The Bertz CT molecular complexity index is 1150. The van der Waals surface area contributed by atoms with Crippen LogP contribution in [0.1, 0.15) is 63.3 Å². The highest BCUT2D eigenvalue weighted by Gasteiger charge is 2.36. The van der Waals surface area contributed by atoms with Crippen molar-refractivity contribution in [3.8, 4) is 11.4 Å². The fourth-order valence-corrected chi connectivity index (χ4v) is 4.19. The SMILES string of the molecule is CCCCOc1ccc2c(c1)c(CC(C)(OC)C(=O)O)c(C(C)C)n2-c1ccc(F)c(C)c1. The first-order valence-corrected chi connectivity index (χ1v) is 11.5. The van der Waals surface area contributed by atoms with Crippen LogP contribution in [0.2, 0.25) is 0 Å². The number of aliphatic carboxylic acids is 1. The predicted octanol–water partition coefficient (Wildman–Crippen LogP) is 6.41. The lowest BCUT2D eigenvalue weighted by atomic mass is 9.91. The van der Waals surface area contributed by atoms with Gasteiger partial charge in [0, 0.05) is 30.3 Å². The maximum atomic E-state index is 14.0. The van der Waals surface area contributed by atoms with E-state index in [2.05, 4.69) is 25.3 Å². The van der Waals surface area contributed by atoms with E-state index in [1.807, 2.05) is 24.3 Å². The van der Waals surface area contributed by atoms with Crippen molar-refractivity contribution in [2.45, 2.75) is 65.4 Å². The smallest absolute Gasteiger partial charge is 0.336 e. The van der Waals surface area contributed by atoms with E-state index in [1.165, 1.54) is 13.2 Å². The normalized spacial score (nSPS) is 13.5. The number of hydrogen-bond acceptors (Lipinski definition) is 3. The average Bonchev–Trinajstić information content (AvgIpc) is 3.09. The molecule has 3 aromatic rings. The van der Waals surface area contributed by atoms with Crippen molar-refractivity contribution in [3.63, 3.8) is 0 Å². The molecule has 1 unspecified atom stereocenters. The monoisotopic (exact) mass is 455 g/mol. The molecule has 1 heterocycles. The summed E-state index contributed by atoms with van der Waals surface area (Å²) < 4.78 is 27.6. The predicted molar refractivity (Wildman–Crippen MR) is 129 cm³/mol. The molecule has 0 saturated heterocycles. The molecule has 0 radical (unpaired) electrons. The number of carboxylic acid groups (broad SMARTS) is 1. The summed E-state index contributed by atoms with van der Waals surface area (Å²) in [6.07, 6.45) is 2.18. The van der Waals surface area contributed by atoms with E-state index in [0.717, 1.165) is 46.4 Å². The molecule has 6 heteroatoms. The van der Waals surface area contributed by atoms with E-state index < -0.39 is 11.6 Å². The second kappa shape index (κ2) is 9.96. The Morgan fingerprint density at radius 2 is 1.94 bits per heavy atom. The Labute approximate surface area is 195 Å². The van der Waals surface area contributed by atoms with Crippen LogP contribution in [0.3, 0.4) is 0 Å². The number of carbonyl (C=O) groups is 1. The molecule has 0 aliphatic rings. The zero-order valence-corrected chi connectivity index (χ0v) is 20.4. The van der Waals surface area contributed by atoms with Crippen LogP contribution < -0.4 is 4.74 Å². The van der Waals surface area contributed by atoms with Gasteiger partial charge in [-0.25, -0.2) is 9.18 Å². The fourth-order valence-electron chi connectivity index (χ4n) is 4.19. The third-order valence-corrected chi connectivity index (χ3v) is 6.21. The molecule has 0 saturated carbocycles. The third-order valence-electron chi connectivity index (χ3n) is 6.21. The van der Waals surface area contributed by atoms with Crippen molar-refractivity contribution in [3.05, 3.63) is 59.0 Å².